The number of carbonyl (C=O) groups is 1. The second kappa shape index (κ2) is 3.37. The van der Waals surface area contributed by atoms with Gasteiger partial charge in [-0.3, -0.25) is 4.79 Å². The molecule has 0 aromatic heterocycles. The predicted octanol–water partition coefficient (Wildman–Crippen LogP) is 4.61. The Labute approximate surface area is 101 Å². The molecular weight excluding hydrogens is 277 g/mol. The van der Waals surface area contributed by atoms with Gasteiger partial charge in [0.05, 0.1) is 0 Å². The van der Waals surface area contributed by atoms with E-state index in [-0.39, 0.29) is 11.8 Å². The first kappa shape index (κ1) is 14.7. The van der Waals surface area contributed by atoms with Crippen LogP contribution < -0.4 is 4.90 Å². The number of nitrogens with zero attached hydrogens (tertiary/aromatic N) is 1. The summed E-state index contributed by atoms with van der Waals surface area (Å²) < 4.78 is 63.5. The summed E-state index contributed by atoms with van der Waals surface area (Å²) >= 11 is 0. The van der Waals surface area contributed by atoms with Gasteiger partial charge in [0, 0.05) is 25.3 Å². The van der Waals surface area contributed by atoms with E-state index in [1.165, 1.54) is 19.0 Å². The molecule has 18 heavy (non-hydrogen) atoms. The molecule has 0 atom stereocenters. The number of anilines is 1. The maximum absolute atomic E-state index is 12.7. The van der Waals surface area contributed by atoms with Crippen LogP contribution in [-0.4, -0.2) is 19.9 Å². The lowest BCUT2D eigenvalue weighted by molar-refractivity contribution is 0.101. The zero-order valence-electron chi connectivity index (χ0n) is 9.89. The van der Waals surface area contributed by atoms with Crippen LogP contribution in [0.2, 0.25) is 0 Å². The van der Waals surface area contributed by atoms with Crippen molar-refractivity contribution in [2.45, 2.75) is 11.8 Å². The summed E-state index contributed by atoms with van der Waals surface area (Å²) in [6, 6.07) is 1.67. The standard InChI is InChI=1S/C10H12F5NOS/c1-7(17)8-4-9(16(2)3)6-10(5-8)18(11,12,13,14)15/h4-6H,1-3H3. The zero-order valence-corrected chi connectivity index (χ0v) is 10.7. The Kier molecular flexibility index (Phi) is 2.76. The van der Waals surface area contributed by atoms with Crippen molar-refractivity contribution in [3.8, 4) is 0 Å². The lowest BCUT2D eigenvalue weighted by Gasteiger charge is -2.41. The number of carbonyl (C=O) groups excluding carboxylic acids is 1. The third kappa shape index (κ3) is 3.34. The highest BCUT2D eigenvalue weighted by Gasteiger charge is 2.65. The number of halogens is 5. The first-order valence-electron chi connectivity index (χ1n) is 4.78. The lowest BCUT2D eigenvalue weighted by Crippen LogP contribution is -2.13. The van der Waals surface area contributed by atoms with Gasteiger partial charge in [-0.2, -0.15) is 0 Å². The summed E-state index contributed by atoms with van der Waals surface area (Å²) in [5.74, 6) is -0.707. The van der Waals surface area contributed by atoms with Crippen molar-refractivity contribution in [3.05, 3.63) is 23.8 Å². The SMILES string of the molecule is CC(=O)c1cc(N(C)C)cc(S(F)(F)(F)(F)F)c1. The van der Waals surface area contributed by atoms with Gasteiger partial charge in [-0.1, -0.05) is 19.4 Å². The molecule has 1 aromatic carbocycles. The van der Waals surface area contributed by atoms with Gasteiger partial charge in [0.15, 0.2) is 5.78 Å². The predicted molar refractivity (Wildman–Crippen MR) is 62.2 cm³/mol. The van der Waals surface area contributed by atoms with Crippen LogP contribution in [0.4, 0.5) is 25.1 Å². The van der Waals surface area contributed by atoms with Crippen LogP contribution in [0.25, 0.3) is 0 Å². The van der Waals surface area contributed by atoms with E-state index < -0.39 is 26.5 Å². The number of hydrogen-bond acceptors (Lipinski definition) is 2. The van der Waals surface area contributed by atoms with Gasteiger partial charge < -0.3 is 4.90 Å². The fourth-order valence-electron chi connectivity index (χ4n) is 1.27. The minimum absolute atomic E-state index is 0.106. The van der Waals surface area contributed by atoms with Gasteiger partial charge in [0.1, 0.15) is 4.90 Å². The Morgan fingerprint density at radius 2 is 1.56 bits per heavy atom. The largest absolute Gasteiger partial charge is 0.378 e. The van der Waals surface area contributed by atoms with Crippen molar-refractivity contribution >= 4 is 21.7 Å². The molecule has 104 valence electrons. The van der Waals surface area contributed by atoms with Crippen molar-refractivity contribution in [3.63, 3.8) is 0 Å². The Balaban J connectivity index is 3.63. The van der Waals surface area contributed by atoms with E-state index in [0.717, 1.165) is 13.0 Å². The fourth-order valence-corrected chi connectivity index (χ4v) is 1.96. The molecule has 0 N–H and O–H groups in total. The van der Waals surface area contributed by atoms with Crippen molar-refractivity contribution in [2.75, 3.05) is 19.0 Å². The van der Waals surface area contributed by atoms with Gasteiger partial charge in [-0.15, -0.1) is 0 Å². The molecule has 2 nitrogen and oxygen atoms in total. The van der Waals surface area contributed by atoms with Crippen LogP contribution in [0.1, 0.15) is 17.3 Å². The highest BCUT2D eigenvalue weighted by molar-refractivity contribution is 8.45. The van der Waals surface area contributed by atoms with Crippen molar-refractivity contribution in [1.82, 2.24) is 0 Å². The highest BCUT2D eigenvalue weighted by atomic mass is 32.5. The summed E-state index contributed by atoms with van der Waals surface area (Å²) in [5, 5.41) is 0. The minimum Gasteiger partial charge on any atom is -0.378 e. The van der Waals surface area contributed by atoms with Gasteiger partial charge in [-0.05, 0) is 25.1 Å². The molecule has 0 aliphatic rings. The van der Waals surface area contributed by atoms with Crippen molar-refractivity contribution in [1.29, 1.82) is 0 Å². The smallest absolute Gasteiger partial charge is 0.310 e. The molecule has 0 amide bonds. The third-order valence-corrected chi connectivity index (χ3v) is 3.39. The van der Waals surface area contributed by atoms with Crippen LogP contribution in [0.15, 0.2) is 23.1 Å². The summed E-state index contributed by atoms with van der Waals surface area (Å²) in [6.45, 7) is 1.02. The molecule has 0 bridgehead atoms. The van der Waals surface area contributed by atoms with E-state index in [2.05, 4.69) is 0 Å². The number of hydrogen-bond donors (Lipinski definition) is 0. The number of rotatable bonds is 3. The fraction of sp³-hybridized carbons (Fsp3) is 0.300. The zero-order chi connectivity index (χ0) is 14.4. The van der Waals surface area contributed by atoms with Gasteiger partial charge >= 0.3 is 10.2 Å². The molecule has 0 saturated carbocycles. The second-order valence-corrected chi connectivity index (χ2v) is 6.54. The Bertz CT molecular complexity index is 508. The first-order valence-corrected chi connectivity index (χ1v) is 6.73. The van der Waals surface area contributed by atoms with E-state index in [0.29, 0.717) is 6.07 Å². The van der Waals surface area contributed by atoms with E-state index in [1.807, 2.05) is 0 Å². The Hall–Kier alpha value is -1.31. The van der Waals surface area contributed by atoms with Crippen molar-refractivity contribution in [2.24, 2.45) is 0 Å². The van der Waals surface area contributed by atoms with Gasteiger partial charge in [0.2, 0.25) is 0 Å². The number of Topliss-reactive ketones (excluding diaryl/α,β-unsaturated/α-hetero) is 1. The van der Waals surface area contributed by atoms with E-state index in [9.17, 15) is 24.2 Å². The molecule has 0 radical (unpaired) electrons. The van der Waals surface area contributed by atoms with Gasteiger partial charge in [0.25, 0.3) is 0 Å². The average Bonchev–Trinajstić information content (AvgIpc) is 2.13. The molecule has 1 rings (SSSR count). The maximum atomic E-state index is 12.7. The summed E-state index contributed by atoms with van der Waals surface area (Å²) in [4.78, 5) is 10.3. The molecule has 0 fully saturated rings. The summed E-state index contributed by atoms with van der Waals surface area (Å²) in [5.41, 5.74) is -0.504. The van der Waals surface area contributed by atoms with Crippen LogP contribution in [0.3, 0.4) is 0 Å². The average molecular weight is 289 g/mol. The molecule has 0 saturated heterocycles. The van der Waals surface area contributed by atoms with Crippen LogP contribution in [-0.2, 0) is 0 Å². The summed E-state index contributed by atoms with van der Waals surface area (Å²) in [7, 11) is -6.98. The molecule has 0 unspecified atom stereocenters. The monoisotopic (exact) mass is 289 g/mol. The topological polar surface area (TPSA) is 20.3 Å². The van der Waals surface area contributed by atoms with Gasteiger partial charge in [-0.25, -0.2) is 0 Å². The number of benzene rings is 1. The molecule has 0 aliphatic carbocycles. The second-order valence-electron chi connectivity index (χ2n) is 4.14. The molecular formula is C10H12F5NOS. The Morgan fingerprint density at radius 3 is 1.89 bits per heavy atom. The maximum Gasteiger partial charge on any atom is 0.310 e. The molecule has 0 aliphatic heterocycles. The molecule has 8 heteroatoms. The van der Waals surface area contributed by atoms with E-state index in [4.69, 9.17) is 0 Å². The Morgan fingerprint density at radius 1 is 1.06 bits per heavy atom. The molecule has 0 heterocycles. The summed E-state index contributed by atoms with van der Waals surface area (Å²) in [6.07, 6.45) is 0. The highest BCUT2D eigenvalue weighted by Crippen LogP contribution is 3.02. The van der Waals surface area contributed by atoms with E-state index >= 15 is 0 Å². The minimum atomic E-state index is -9.78. The first-order chi connectivity index (χ1) is 7.70. The quantitative estimate of drug-likeness (QED) is 0.598. The number of ketones is 1. The van der Waals surface area contributed by atoms with Crippen molar-refractivity contribution < 1.29 is 24.2 Å². The lowest BCUT2D eigenvalue weighted by atomic mass is 10.1. The van der Waals surface area contributed by atoms with Crippen LogP contribution in [0.5, 0.6) is 0 Å². The molecule has 0 spiro atoms. The normalized spacial score (nSPS) is 15.8. The van der Waals surface area contributed by atoms with E-state index in [1.54, 1.807) is 0 Å². The third-order valence-electron chi connectivity index (χ3n) is 2.26. The van der Waals surface area contributed by atoms with Crippen LogP contribution >= 0.6 is 10.2 Å². The van der Waals surface area contributed by atoms with Crippen LogP contribution in [0, 0.1) is 0 Å². The molecule has 1 aromatic rings.